The van der Waals surface area contributed by atoms with E-state index in [1.807, 2.05) is 0 Å². The summed E-state index contributed by atoms with van der Waals surface area (Å²) in [4.78, 5) is 8.26. The number of nitrogens with one attached hydrogen (secondary N) is 1. The second-order valence-corrected chi connectivity index (χ2v) is 6.48. The number of hydrogen-bond acceptors (Lipinski definition) is 7. The molecule has 3 aromatic rings. The average Bonchev–Trinajstić information content (AvgIpc) is 2.86. The summed E-state index contributed by atoms with van der Waals surface area (Å²) in [5, 5.41) is 7.14. The molecule has 0 saturated heterocycles. The van der Waals surface area contributed by atoms with E-state index in [9.17, 15) is 8.42 Å². The molecule has 0 fully saturated rings. The summed E-state index contributed by atoms with van der Waals surface area (Å²) in [6.45, 7) is 0. The Kier molecular flexibility index (Phi) is 2.98. The van der Waals surface area contributed by atoms with Crippen molar-refractivity contribution in [3.05, 3.63) is 36.7 Å². The number of nitrogens with zero attached hydrogens (tertiary/aromatic N) is 4. The van der Waals surface area contributed by atoms with Crippen LogP contribution in [0.2, 0.25) is 0 Å². The predicted molar refractivity (Wildman–Crippen MR) is 78.0 cm³/mol. The summed E-state index contributed by atoms with van der Waals surface area (Å²) in [5.41, 5.74) is 6.41. The van der Waals surface area contributed by atoms with Crippen molar-refractivity contribution in [3.8, 4) is 0 Å². The first-order valence-electron chi connectivity index (χ1n) is 5.97. The number of benzene rings is 1. The van der Waals surface area contributed by atoms with Crippen LogP contribution in [0.5, 0.6) is 0 Å². The SMILES string of the molecule is CS(=O)(=O)c1ccc(Nc2cc(N)nc3ncnn23)cc1. The molecule has 0 amide bonds. The number of nitrogens with two attached hydrogens (primary N) is 1. The summed E-state index contributed by atoms with van der Waals surface area (Å²) in [6, 6.07) is 8.00. The van der Waals surface area contributed by atoms with Crippen LogP contribution < -0.4 is 11.1 Å². The monoisotopic (exact) mass is 304 g/mol. The van der Waals surface area contributed by atoms with Gasteiger partial charge >= 0.3 is 0 Å². The van der Waals surface area contributed by atoms with Gasteiger partial charge in [-0.15, -0.1) is 0 Å². The van der Waals surface area contributed by atoms with Gasteiger partial charge in [0.2, 0.25) is 0 Å². The highest BCUT2D eigenvalue weighted by Gasteiger charge is 2.08. The molecule has 9 heteroatoms. The zero-order valence-corrected chi connectivity index (χ0v) is 11.9. The first-order chi connectivity index (χ1) is 9.93. The van der Waals surface area contributed by atoms with Gasteiger partial charge in [-0.1, -0.05) is 0 Å². The molecular weight excluding hydrogens is 292 g/mol. The van der Waals surface area contributed by atoms with E-state index < -0.39 is 9.84 Å². The van der Waals surface area contributed by atoms with Gasteiger partial charge in [-0.05, 0) is 24.3 Å². The van der Waals surface area contributed by atoms with Crippen molar-refractivity contribution >= 4 is 32.9 Å². The van der Waals surface area contributed by atoms with Crippen LogP contribution in [0.4, 0.5) is 17.3 Å². The third kappa shape index (κ3) is 2.63. The van der Waals surface area contributed by atoms with Crippen LogP contribution in [-0.4, -0.2) is 34.3 Å². The lowest BCUT2D eigenvalue weighted by atomic mass is 10.3. The van der Waals surface area contributed by atoms with E-state index in [0.29, 0.717) is 23.1 Å². The van der Waals surface area contributed by atoms with Crippen molar-refractivity contribution in [1.29, 1.82) is 0 Å². The largest absolute Gasteiger partial charge is 0.383 e. The second kappa shape index (κ2) is 4.70. The molecule has 0 saturated carbocycles. The van der Waals surface area contributed by atoms with Crippen molar-refractivity contribution in [2.75, 3.05) is 17.3 Å². The number of nitrogen functional groups attached to an aromatic ring is 1. The molecule has 8 nitrogen and oxygen atoms in total. The number of aromatic nitrogens is 4. The lowest BCUT2D eigenvalue weighted by molar-refractivity contribution is 0.602. The lowest BCUT2D eigenvalue weighted by Gasteiger charge is -2.09. The molecule has 0 unspecified atom stereocenters. The molecule has 0 radical (unpaired) electrons. The van der Waals surface area contributed by atoms with Crippen LogP contribution in [0.3, 0.4) is 0 Å². The molecular formula is C12H12N6O2S. The minimum absolute atomic E-state index is 0.258. The zero-order chi connectivity index (χ0) is 15.0. The topological polar surface area (TPSA) is 115 Å². The first kappa shape index (κ1) is 13.3. The van der Waals surface area contributed by atoms with Gasteiger partial charge in [-0.3, -0.25) is 0 Å². The Balaban J connectivity index is 1.97. The predicted octanol–water partition coefficient (Wildman–Crippen LogP) is 0.854. The molecule has 0 atom stereocenters. The van der Waals surface area contributed by atoms with Gasteiger partial charge in [-0.25, -0.2) is 8.42 Å². The molecule has 3 rings (SSSR count). The molecule has 0 aliphatic rings. The van der Waals surface area contributed by atoms with Gasteiger partial charge in [0.05, 0.1) is 4.90 Å². The Hall–Kier alpha value is -2.68. The third-order valence-electron chi connectivity index (χ3n) is 2.83. The summed E-state index contributed by atoms with van der Waals surface area (Å²) in [6.07, 6.45) is 2.54. The Bertz CT molecular complexity index is 901. The Labute approximate surface area is 120 Å². The quantitative estimate of drug-likeness (QED) is 0.737. The molecule has 1 aromatic carbocycles. The number of hydrogen-bond donors (Lipinski definition) is 2. The highest BCUT2D eigenvalue weighted by molar-refractivity contribution is 7.90. The first-order valence-corrected chi connectivity index (χ1v) is 7.86. The molecule has 21 heavy (non-hydrogen) atoms. The maximum absolute atomic E-state index is 11.4. The summed E-state index contributed by atoms with van der Waals surface area (Å²) >= 11 is 0. The average molecular weight is 304 g/mol. The number of fused-ring (bicyclic) bond motifs is 1. The van der Waals surface area contributed by atoms with Crippen LogP contribution in [0, 0.1) is 0 Å². The van der Waals surface area contributed by atoms with E-state index in [4.69, 9.17) is 5.73 Å². The molecule has 2 aromatic heterocycles. The fraction of sp³-hybridized carbons (Fsp3) is 0.0833. The van der Waals surface area contributed by atoms with Gasteiger partial charge in [0.25, 0.3) is 5.78 Å². The van der Waals surface area contributed by atoms with Crippen LogP contribution in [0.15, 0.2) is 41.6 Å². The molecule has 0 bridgehead atoms. The number of rotatable bonds is 3. The Morgan fingerprint density at radius 1 is 1.24 bits per heavy atom. The highest BCUT2D eigenvalue weighted by Crippen LogP contribution is 2.20. The summed E-state index contributed by atoms with van der Waals surface area (Å²) < 4.78 is 24.3. The maximum Gasteiger partial charge on any atom is 0.256 e. The third-order valence-corrected chi connectivity index (χ3v) is 3.95. The van der Waals surface area contributed by atoms with Crippen molar-refractivity contribution < 1.29 is 8.42 Å². The van der Waals surface area contributed by atoms with Crippen LogP contribution in [0.25, 0.3) is 5.78 Å². The highest BCUT2D eigenvalue weighted by atomic mass is 32.2. The molecule has 108 valence electrons. The molecule has 0 aliphatic heterocycles. The maximum atomic E-state index is 11.4. The van der Waals surface area contributed by atoms with E-state index in [-0.39, 0.29) is 4.90 Å². The van der Waals surface area contributed by atoms with Crippen LogP contribution >= 0.6 is 0 Å². The zero-order valence-electron chi connectivity index (χ0n) is 11.1. The fourth-order valence-electron chi connectivity index (χ4n) is 1.85. The van der Waals surface area contributed by atoms with Gasteiger partial charge in [0, 0.05) is 18.0 Å². The van der Waals surface area contributed by atoms with Crippen LogP contribution in [0.1, 0.15) is 0 Å². The molecule has 0 spiro atoms. The van der Waals surface area contributed by atoms with Crippen molar-refractivity contribution in [1.82, 2.24) is 19.6 Å². The standard InChI is InChI=1S/C12H12N6O2S/c1-21(19,20)9-4-2-8(3-5-9)16-11-6-10(13)17-12-14-7-15-18(11)12/h2-7,16H,1H3,(H2,13,14,15,17). The van der Waals surface area contributed by atoms with Crippen LogP contribution in [-0.2, 0) is 9.84 Å². The molecule has 0 aliphatic carbocycles. The number of sulfone groups is 1. The Morgan fingerprint density at radius 2 is 1.95 bits per heavy atom. The second-order valence-electron chi connectivity index (χ2n) is 4.46. The minimum Gasteiger partial charge on any atom is -0.383 e. The van der Waals surface area contributed by atoms with Gasteiger partial charge in [0.15, 0.2) is 9.84 Å². The molecule has 2 heterocycles. The lowest BCUT2D eigenvalue weighted by Crippen LogP contribution is -2.04. The van der Waals surface area contributed by atoms with Crippen molar-refractivity contribution in [3.63, 3.8) is 0 Å². The van der Waals surface area contributed by atoms with Crippen molar-refractivity contribution in [2.24, 2.45) is 0 Å². The fourth-order valence-corrected chi connectivity index (χ4v) is 2.48. The van der Waals surface area contributed by atoms with Gasteiger partial charge < -0.3 is 11.1 Å². The van der Waals surface area contributed by atoms with Gasteiger partial charge in [0.1, 0.15) is 18.0 Å². The Morgan fingerprint density at radius 3 is 2.62 bits per heavy atom. The summed E-state index contributed by atoms with van der Waals surface area (Å²) in [5.74, 6) is 1.28. The van der Waals surface area contributed by atoms with Gasteiger partial charge in [-0.2, -0.15) is 19.6 Å². The van der Waals surface area contributed by atoms with E-state index in [2.05, 4.69) is 20.4 Å². The minimum atomic E-state index is -3.21. The van der Waals surface area contributed by atoms with E-state index in [0.717, 1.165) is 6.26 Å². The van der Waals surface area contributed by atoms with E-state index in [1.165, 1.54) is 23.0 Å². The number of anilines is 3. The van der Waals surface area contributed by atoms with Crippen molar-refractivity contribution in [2.45, 2.75) is 4.90 Å². The summed E-state index contributed by atoms with van der Waals surface area (Å²) in [7, 11) is -3.21. The normalized spacial score (nSPS) is 11.7. The van der Waals surface area contributed by atoms with E-state index >= 15 is 0 Å². The van der Waals surface area contributed by atoms with E-state index in [1.54, 1.807) is 18.2 Å². The smallest absolute Gasteiger partial charge is 0.256 e. The molecule has 3 N–H and O–H groups in total.